The van der Waals surface area contributed by atoms with Crippen molar-refractivity contribution in [2.45, 2.75) is 83.5 Å². The Morgan fingerprint density at radius 2 is 1.97 bits per heavy atom. The summed E-state index contributed by atoms with van der Waals surface area (Å²) in [7, 11) is 0. The molecule has 3 N–H and O–H groups in total. The number of nitrogens with two attached hydrogens (primary N) is 1. The van der Waals surface area contributed by atoms with Crippen molar-refractivity contribution in [3.8, 4) is 5.88 Å². The first-order valence-corrected chi connectivity index (χ1v) is 12.4. The highest BCUT2D eigenvalue weighted by Gasteiger charge is 2.41. The average Bonchev–Trinajstić information content (AvgIpc) is 3.54. The molecule has 2 aliphatic rings. The topological polar surface area (TPSA) is 112 Å². The van der Waals surface area contributed by atoms with Gasteiger partial charge in [-0.15, -0.1) is 0 Å². The molecule has 3 atom stereocenters. The molecule has 3 aromatic heterocycles. The first kappa shape index (κ1) is 23.5. The number of ether oxygens (including phenoxy) is 2. The van der Waals surface area contributed by atoms with Gasteiger partial charge in [0.25, 0.3) is 0 Å². The number of carbonyl (C=O) groups excluding carboxylic acids is 1. The van der Waals surface area contributed by atoms with E-state index in [9.17, 15) is 4.79 Å². The number of rotatable bonds is 7. The molecule has 3 aromatic rings. The van der Waals surface area contributed by atoms with Gasteiger partial charge in [-0.2, -0.15) is 0 Å². The molecule has 0 aromatic carbocycles. The van der Waals surface area contributed by atoms with Crippen molar-refractivity contribution >= 4 is 28.4 Å². The third-order valence-electron chi connectivity index (χ3n) is 7.25. The third kappa shape index (κ3) is 4.43. The first-order valence-electron chi connectivity index (χ1n) is 12.4. The Morgan fingerprint density at radius 1 is 1.20 bits per heavy atom. The van der Waals surface area contributed by atoms with E-state index in [1.165, 1.54) is 0 Å². The van der Waals surface area contributed by atoms with Gasteiger partial charge in [0, 0.05) is 23.9 Å². The number of carbonyl (C=O) groups is 1. The molecule has 5 rings (SSSR count). The van der Waals surface area contributed by atoms with Crippen LogP contribution in [0.2, 0.25) is 0 Å². The fourth-order valence-electron chi connectivity index (χ4n) is 4.63. The van der Waals surface area contributed by atoms with Crippen molar-refractivity contribution in [2.24, 2.45) is 5.73 Å². The Bertz CT molecular complexity index is 1300. The van der Waals surface area contributed by atoms with Crippen LogP contribution in [0.4, 0.5) is 11.6 Å². The van der Waals surface area contributed by atoms with Crippen molar-refractivity contribution in [2.75, 3.05) is 5.32 Å². The minimum absolute atomic E-state index is 0.00202. The van der Waals surface area contributed by atoms with Crippen LogP contribution >= 0.6 is 0 Å². The summed E-state index contributed by atoms with van der Waals surface area (Å²) < 4.78 is 11.6. The highest BCUT2D eigenvalue weighted by atomic mass is 16.5. The normalized spacial score (nSPS) is 22.2. The number of nitrogens with zero attached hydrogens (tertiary/aromatic N) is 3. The van der Waals surface area contributed by atoms with Crippen LogP contribution in [-0.4, -0.2) is 32.6 Å². The minimum atomic E-state index is -0.545. The van der Waals surface area contributed by atoms with Gasteiger partial charge in [-0.3, -0.25) is 0 Å². The van der Waals surface area contributed by atoms with Crippen LogP contribution in [0.3, 0.4) is 0 Å². The molecule has 1 fully saturated rings. The molecule has 35 heavy (non-hydrogen) atoms. The second kappa shape index (κ2) is 8.45. The van der Waals surface area contributed by atoms with Gasteiger partial charge in [-0.1, -0.05) is 20.3 Å². The molecule has 4 heterocycles. The number of esters is 1. The third-order valence-corrected chi connectivity index (χ3v) is 7.25. The molecule has 0 spiro atoms. The highest BCUT2D eigenvalue weighted by molar-refractivity contribution is 5.93. The fraction of sp³-hybridized carbons (Fsp3) is 0.481. The van der Waals surface area contributed by atoms with Gasteiger partial charge in [-0.25, -0.2) is 19.7 Å². The number of anilines is 2. The second-order valence-corrected chi connectivity index (χ2v) is 10.5. The lowest BCUT2D eigenvalue weighted by Gasteiger charge is -2.27. The molecule has 0 saturated heterocycles. The van der Waals surface area contributed by atoms with Gasteiger partial charge < -0.3 is 20.5 Å². The van der Waals surface area contributed by atoms with Gasteiger partial charge in [0.15, 0.2) is 0 Å². The summed E-state index contributed by atoms with van der Waals surface area (Å²) in [5, 5.41) is 5.11. The number of nitrogens with one attached hydrogen (secondary N) is 1. The van der Waals surface area contributed by atoms with E-state index in [1.807, 2.05) is 33.0 Å². The zero-order valence-corrected chi connectivity index (χ0v) is 21.0. The zero-order chi connectivity index (χ0) is 25.0. The lowest BCUT2D eigenvalue weighted by atomic mass is 9.87. The van der Waals surface area contributed by atoms with E-state index in [0.29, 0.717) is 23.1 Å². The predicted octanol–water partition coefficient (Wildman–Crippen LogP) is 5.34. The number of pyridine rings is 3. The minimum Gasteiger partial charge on any atom is -0.471 e. The molecule has 1 unspecified atom stereocenters. The second-order valence-electron chi connectivity index (χ2n) is 10.5. The smallest absolute Gasteiger partial charge is 0.340 e. The summed E-state index contributed by atoms with van der Waals surface area (Å²) in [6.07, 6.45) is 7.23. The van der Waals surface area contributed by atoms with Crippen LogP contribution in [0.1, 0.15) is 87.8 Å². The number of aromatic nitrogens is 3. The summed E-state index contributed by atoms with van der Waals surface area (Å²) in [6, 6.07) is 5.51. The van der Waals surface area contributed by atoms with Crippen LogP contribution < -0.4 is 15.8 Å². The largest absolute Gasteiger partial charge is 0.471 e. The van der Waals surface area contributed by atoms with Gasteiger partial charge in [0.2, 0.25) is 5.88 Å². The molecule has 0 bridgehead atoms. The summed E-state index contributed by atoms with van der Waals surface area (Å²) in [4.78, 5) is 26.3. The Hall–Kier alpha value is -3.26. The van der Waals surface area contributed by atoms with Crippen LogP contribution in [0.5, 0.6) is 5.88 Å². The molecular formula is C27H33N5O3. The maximum absolute atomic E-state index is 12.3. The molecule has 184 valence electrons. The van der Waals surface area contributed by atoms with E-state index in [0.717, 1.165) is 47.7 Å². The number of fused-ring (bicyclic) bond motifs is 2. The highest BCUT2D eigenvalue weighted by Crippen LogP contribution is 2.42. The molecule has 8 nitrogen and oxygen atoms in total. The van der Waals surface area contributed by atoms with E-state index in [1.54, 1.807) is 18.3 Å². The average molecular weight is 476 g/mol. The van der Waals surface area contributed by atoms with E-state index >= 15 is 0 Å². The van der Waals surface area contributed by atoms with Gasteiger partial charge in [0.1, 0.15) is 23.3 Å². The lowest BCUT2D eigenvalue weighted by Crippen LogP contribution is -2.33. The van der Waals surface area contributed by atoms with Crippen molar-refractivity contribution in [3.05, 3.63) is 47.4 Å². The molecule has 1 aliphatic heterocycles. The number of hydrogen-bond donors (Lipinski definition) is 2. The van der Waals surface area contributed by atoms with Crippen LogP contribution in [-0.2, 0) is 10.3 Å². The Labute approximate surface area is 205 Å². The van der Waals surface area contributed by atoms with Crippen LogP contribution in [0.15, 0.2) is 30.6 Å². The molecule has 0 radical (unpaired) electrons. The summed E-state index contributed by atoms with van der Waals surface area (Å²) in [6.45, 7) is 10.2. The Morgan fingerprint density at radius 3 is 2.69 bits per heavy atom. The SMILES string of the molecule is CCCC(C)(N)c1cnc(OC2(C)CC2)c2cnc(Nc3ccc4c(n3)[C@@H](C)[C@H](C)OC4=O)cc12. The molecule has 1 saturated carbocycles. The fourth-order valence-corrected chi connectivity index (χ4v) is 4.63. The molecule has 0 amide bonds. The van der Waals surface area contributed by atoms with Crippen LogP contribution in [0, 0.1) is 0 Å². The van der Waals surface area contributed by atoms with Crippen molar-refractivity contribution in [3.63, 3.8) is 0 Å². The predicted molar refractivity (Wildman–Crippen MR) is 135 cm³/mol. The number of hydrogen-bond acceptors (Lipinski definition) is 8. The van der Waals surface area contributed by atoms with E-state index in [2.05, 4.69) is 29.1 Å². The van der Waals surface area contributed by atoms with Crippen molar-refractivity contribution in [1.29, 1.82) is 0 Å². The van der Waals surface area contributed by atoms with Crippen molar-refractivity contribution in [1.82, 2.24) is 15.0 Å². The first-order chi connectivity index (χ1) is 16.6. The van der Waals surface area contributed by atoms with Gasteiger partial charge in [0.05, 0.1) is 16.6 Å². The quantitative estimate of drug-likeness (QED) is 0.441. The van der Waals surface area contributed by atoms with E-state index in [4.69, 9.17) is 20.2 Å². The van der Waals surface area contributed by atoms with Crippen LogP contribution in [0.25, 0.3) is 10.8 Å². The van der Waals surface area contributed by atoms with Gasteiger partial charge >= 0.3 is 5.97 Å². The van der Waals surface area contributed by atoms with Crippen molar-refractivity contribution < 1.29 is 14.3 Å². The summed E-state index contributed by atoms with van der Waals surface area (Å²) >= 11 is 0. The summed E-state index contributed by atoms with van der Waals surface area (Å²) in [5.74, 6) is 1.50. The monoisotopic (exact) mass is 475 g/mol. The Balaban J connectivity index is 1.55. The standard InChI is InChI=1S/C27H33N5O3/c1-6-9-27(5,28)20-14-30-24(35-26(4)10-11-26)19-13-29-22(12-18(19)20)31-21-8-7-17-23(32-21)15(2)16(3)34-25(17)33/h7-8,12-16H,6,9-11,28H2,1-5H3,(H,29,31,32)/t15-,16-,27?/m0/s1. The lowest BCUT2D eigenvalue weighted by molar-refractivity contribution is 0.0235. The van der Waals surface area contributed by atoms with Gasteiger partial charge in [-0.05, 0) is 69.2 Å². The van der Waals surface area contributed by atoms with E-state index in [-0.39, 0.29) is 23.6 Å². The Kier molecular flexibility index (Phi) is 5.67. The maximum atomic E-state index is 12.3. The molecule has 1 aliphatic carbocycles. The van der Waals surface area contributed by atoms with E-state index < -0.39 is 5.54 Å². The molecule has 8 heteroatoms. The number of cyclic esters (lactones) is 1. The maximum Gasteiger partial charge on any atom is 0.340 e. The zero-order valence-electron chi connectivity index (χ0n) is 21.0. The summed E-state index contributed by atoms with van der Waals surface area (Å²) in [5.41, 5.74) is 8.24. The molecular weight excluding hydrogens is 442 g/mol.